The number of rotatable bonds is 5. The molecule has 1 rings (SSSR count). The molecule has 0 spiro atoms. The van der Waals surface area contributed by atoms with Crippen molar-refractivity contribution in [1.29, 1.82) is 0 Å². The third kappa shape index (κ3) is 3.51. The highest BCUT2D eigenvalue weighted by Gasteiger charge is 2.22. The molecule has 0 aromatic heterocycles. The minimum atomic E-state index is -3.71. The van der Waals surface area contributed by atoms with Crippen LogP contribution in [0.1, 0.15) is 19.4 Å². The minimum absolute atomic E-state index is 0.00800. The summed E-state index contributed by atoms with van der Waals surface area (Å²) in [5.74, 6) is -0.561. The van der Waals surface area contributed by atoms with Gasteiger partial charge in [0.25, 0.3) is 0 Å². The number of nitrogens with two attached hydrogens (primary N) is 1. The van der Waals surface area contributed by atoms with Crippen molar-refractivity contribution in [3.05, 3.63) is 29.6 Å². The molecule has 6 heteroatoms. The third-order valence-corrected chi connectivity index (χ3v) is 4.71. The predicted octanol–water partition coefficient (Wildman–Crippen LogP) is 1.40. The van der Waals surface area contributed by atoms with Crippen molar-refractivity contribution in [2.75, 3.05) is 6.54 Å². The van der Waals surface area contributed by atoms with E-state index in [1.54, 1.807) is 13.8 Å². The molecule has 2 unspecified atom stereocenters. The summed E-state index contributed by atoms with van der Waals surface area (Å²) in [5, 5.41) is 0. The van der Waals surface area contributed by atoms with Crippen LogP contribution in [-0.4, -0.2) is 21.0 Å². The van der Waals surface area contributed by atoms with Crippen LogP contribution in [0, 0.1) is 18.7 Å². The van der Waals surface area contributed by atoms with E-state index in [1.165, 1.54) is 12.1 Å². The molecule has 0 radical (unpaired) electrons. The van der Waals surface area contributed by atoms with E-state index in [2.05, 4.69) is 4.72 Å². The Hall–Kier alpha value is -0.980. The normalized spacial score (nSPS) is 15.4. The fourth-order valence-electron chi connectivity index (χ4n) is 1.49. The lowest BCUT2D eigenvalue weighted by Gasteiger charge is -2.20. The molecule has 1 aromatic rings. The molecule has 0 aliphatic heterocycles. The van der Waals surface area contributed by atoms with Crippen molar-refractivity contribution >= 4 is 10.0 Å². The molecule has 0 heterocycles. The molecule has 1 aromatic carbocycles. The summed E-state index contributed by atoms with van der Waals surface area (Å²) in [7, 11) is -3.71. The zero-order valence-electron chi connectivity index (χ0n) is 10.8. The molecule has 0 aliphatic carbocycles. The second-order valence-corrected chi connectivity index (χ2v) is 6.22. The van der Waals surface area contributed by atoms with Crippen LogP contribution < -0.4 is 10.5 Å². The van der Waals surface area contributed by atoms with E-state index in [9.17, 15) is 12.8 Å². The quantitative estimate of drug-likeness (QED) is 0.852. The Morgan fingerprint density at radius 3 is 2.56 bits per heavy atom. The molecule has 0 fully saturated rings. The first-order chi connectivity index (χ1) is 8.27. The maximum atomic E-state index is 13.1. The largest absolute Gasteiger partial charge is 0.330 e. The molecular weight excluding hydrogens is 255 g/mol. The number of hydrogen-bond acceptors (Lipinski definition) is 3. The van der Waals surface area contributed by atoms with Crippen molar-refractivity contribution < 1.29 is 12.8 Å². The smallest absolute Gasteiger partial charge is 0.241 e. The van der Waals surface area contributed by atoms with Gasteiger partial charge in [0.15, 0.2) is 0 Å². The van der Waals surface area contributed by atoms with Gasteiger partial charge in [-0.05, 0) is 44.0 Å². The van der Waals surface area contributed by atoms with Crippen molar-refractivity contribution in [2.45, 2.75) is 31.7 Å². The maximum Gasteiger partial charge on any atom is 0.241 e. The van der Waals surface area contributed by atoms with Crippen LogP contribution in [0.2, 0.25) is 0 Å². The number of benzene rings is 1. The molecule has 0 amide bonds. The molecule has 3 N–H and O–H groups in total. The standard InChI is InChI=1S/C12H19FN2O2S/c1-8-4-5-11(13)6-12(8)18(16,17)15-10(3)9(2)7-14/h4-6,9-10,15H,7,14H2,1-3H3. The summed E-state index contributed by atoms with van der Waals surface area (Å²) in [5.41, 5.74) is 6.00. The van der Waals surface area contributed by atoms with Gasteiger partial charge in [-0.25, -0.2) is 17.5 Å². The van der Waals surface area contributed by atoms with E-state index in [4.69, 9.17) is 5.73 Å². The Balaban J connectivity index is 3.03. The molecule has 18 heavy (non-hydrogen) atoms. The Bertz CT molecular complexity index is 517. The van der Waals surface area contributed by atoms with Crippen molar-refractivity contribution in [3.63, 3.8) is 0 Å². The van der Waals surface area contributed by atoms with Crippen molar-refractivity contribution in [3.8, 4) is 0 Å². The van der Waals surface area contributed by atoms with E-state index in [1.807, 2.05) is 6.92 Å². The molecule has 0 bridgehead atoms. The number of aryl methyl sites for hydroxylation is 1. The Kier molecular flexibility index (Phi) is 4.84. The highest BCUT2D eigenvalue weighted by Crippen LogP contribution is 2.17. The Morgan fingerprint density at radius 2 is 2.00 bits per heavy atom. The summed E-state index contributed by atoms with van der Waals surface area (Å²) in [6.07, 6.45) is 0. The summed E-state index contributed by atoms with van der Waals surface area (Å²) in [4.78, 5) is -0.0291. The number of halogens is 1. The number of nitrogens with one attached hydrogen (secondary N) is 1. The van der Waals surface area contributed by atoms with Gasteiger partial charge in [0.2, 0.25) is 10.0 Å². The summed E-state index contributed by atoms with van der Waals surface area (Å²) in [6.45, 7) is 5.60. The molecule has 102 valence electrons. The van der Waals surface area contributed by atoms with E-state index in [-0.39, 0.29) is 16.9 Å². The molecular formula is C12H19FN2O2S. The second kappa shape index (κ2) is 5.77. The van der Waals surface area contributed by atoms with Gasteiger partial charge in [-0.3, -0.25) is 0 Å². The van der Waals surface area contributed by atoms with Gasteiger partial charge < -0.3 is 5.73 Å². The molecule has 4 nitrogen and oxygen atoms in total. The van der Waals surface area contributed by atoms with Gasteiger partial charge in [0, 0.05) is 6.04 Å². The first-order valence-corrected chi connectivity index (χ1v) is 7.24. The van der Waals surface area contributed by atoms with E-state index in [0.717, 1.165) is 6.07 Å². The van der Waals surface area contributed by atoms with E-state index >= 15 is 0 Å². The van der Waals surface area contributed by atoms with Gasteiger partial charge in [-0.15, -0.1) is 0 Å². The minimum Gasteiger partial charge on any atom is -0.330 e. The number of sulfonamides is 1. The van der Waals surface area contributed by atoms with Gasteiger partial charge >= 0.3 is 0 Å². The van der Waals surface area contributed by atoms with Crippen LogP contribution in [0.15, 0.2) is 23.1 Å². The van der Waals surface area contributed by atoms with Crippen LogP contribution in [0.5, 0.6) is 0 Å². The summed E-state index contributed by atoms with van der Waals surface area (Å²) in [6, 6.07) is 3.40. The lowest BCUT2D eigenvalue weighted by molar-refractivity contribution is 0.453. The van der Waals surface area contributed by atoms with Gasteiger partial charge in [-0.1, -0.05) is 13.0 Å². The SMILES string of the molecule is Cc1ccc(F)cc1S(=O)(=O)NC(C)C(C)CN. The number of hydrogen-bond donors (Lipinski definition) is 2. The zero-order chi connectivity index (χ0) is 13.9. The van der Waals surface area contributed by atoms with E-state index < -0.39 is 15.8 Å². The van der Waals surface area contributed by atoms with Crippen molar-refractivity contribution in [1.82, 2.24) is 4.72 Å². The van der Waals surface area contributed by atoms with Crippen LogP contribution in [0.4, 0.5) is 4.39 Å². The summed E-state index contributed by atoms with van der Waals surface area (Å²) >= 11 is 0. The van der Waals surface area contributed by atoms with E-state index in [0.29, 0.717) is 12.1 Å². The maximum absolute atomic E-state index is 13.1. The van der Waals surface area contributed by atoms with Gasteiger partial charge in [0.05, 0.1) is 4.90 Å². The lowest BCUT2D eigenvalue weighted by atomic mass is 10.1. The van der Waals surface area contributed by atoms with Crippen LogP contribution in [0.3, 0.4) is 0 Å². The van der Waals surface area contributed by atoms with Crippen LogP contribution >= 0.6 is 0 Å². The summed E-state index contributed by atoms with van der Waals surface area (Å²) < 4.78 is 39.9. The average molecular weight is 274 g/mol. The third-order valence-electron chi connectivity index (χ3n) is 3.01. The van der Waals surface area contributed by atoms with Crippen LogP contribution in [-0.2, 0) is 10.0 Å². The molecule has 0 saturated carbocycles. The molecule has 2 atom stereocenters. The average Bonchev–Trinajstić information content (AvgIpc) is 2.30. The Labute approximate surface area is 107 Å². The van der Waals surface area contributed by atoms with Crippen molar-refractivity contribution in [2.24, 2.45) is 11.7 Å². The second-order valence-electron chi connectivity index (χ2n) is 4.53. The van der Waals surface area contributed by atoms with Crippen LogP contribution in [0.25, 0.3) is 0 Å². The van der Waals surface area contributed by atoms with Gasteiger partial charge in [-0.2, -0.15) is 0 Å². The lowest BCUT2D eigenvalue weighted by Crippen LogP contribution is -2.39. The highest BCUT2D eigenvalue weighted by atomic mass is 32.2. The molecule has 0 saturated heterocycles. The monoisotopic (exact) mass is 274 g/mol. The fraction of sp³-hybridized carbons (Fsp3) is 0.500. The topological polar surface area (TPSA) is 72.2 Å². The first-order valence-electron chi connectivity index (χ1n) is 5.76. The highest BCUT2D eigenvalue weighted by molar-refractivity contribution is 7.89. The first kappa shape index (κ1) is 15.1. The van der Waals surface area contributed by atoms with Gasteiger partial charge in [0.1, 0.15) is 5.82 Å². The molecule has 0 aliphatic rings. The predicted molar refractivity (Wildman–Crippen MR) is 69.1 cm³/mol. The fourth-order valence-corrected chi connectivity index (χ4v) is 3.10. The zero-order valence-corrected chi connectivity index (χ0v) is 11.6. The Morgan fingerprint density at radius 1 is 1.39 bits per heavy atom.